The molecule has 0 saturated heterocycles. The van der Waals surface area contributed by atoms with Crippen LogP contribution in [0.2, 0.25) is 5.04 Å². The van der Waals surface area contributed by atoms with Crippen molar-refractivity contribution in [2.45, 2.75) is 58.2 Å². The lowest BCUT2D eigenvalue weighted by Gasteiger charge is -2.43. The largest absolute Gasteiger partial charge is 0.444 e. The highest BCUT2D eigenvalue weighted by Crippen LogP contribution is 2.36. The van der Waals surface area contributed by atoms with Gasteiger partial charge < -0.3 is 14.5 Å². The lowest BCUT2D eigenvalue weighted by Crippen LogP contribution is -2.67. The van der Waals surface area contributed by atoms with Gasteiger partial charge in [-0.1, -0.05) is 81.4 Å². The minimum atomic E-state index is -3.71. The van der Waals surface area contributed by atoms with Crippen LogP contribution in [0.3, 0.4) is 0 Å². The van der Waals surface area contributed by atoms with Gasteiger partial charge in [0.05, 0.1) is 25.5 Å². The first-order chi connectivity index (χ1) is 15.6. The Morgan fingerprint density at radius 2 is 1.35 bits per heavy atom. The van der Waals surface area contributed by atoms with Gasteiger partial charge in [-0.2, -0.15) is 8.42 Å². The number of amides is 1. The summed E-state index contributed by atoms with van der Waals surface area (Å²) in [5.74, 6) is 0. The molecule has 7 nitrogen and oxygen atoms in total. The van der Waals surface area contributed by atoms with Crippen LogP contribution in [0, 0.1) is 0 Å². The van der Waals surface area contributed by atoms with E-state index in [2.05, 4.69) is 50.4 Å². The molecule has 34 heavy (non-hydrogen) atoms. The molecule has 0 aliphatic rings. The molecule has 9 heteroatoms. The Morgan fingerprint density at radius 1 is 0.882 bits per heavy atom. The maximum Gasteiger partial charge on any atom is 0.408 e. The van der Waals surface area contributed by atoms with Crippen LogP contribution in [0.1, 0.15) is 41.5 Å². The van der Waals surface area contributed by atoms with Crippen molar-refractivity contribution in [1.29, 1.82) is 0 Å². The first-order valence-corrected chi connectivity index (χ1v) is 15.0. The van der Waals surface area contributed by atoms with Crippen LogP contribution in [0.5, 0.6) is 0 Å². The Bertz CT molecular complexity index is 991. The highest BCUT2D eigenvalue weighted by atomic mass is 32.2. The molecule has 0 aromatic heterocycles. The van der Waals surface area contributed by atoms with Crippen LogP contribution >= 0.6 is 0 Å². The minimum Gasteiger partial charge on any atom is -0.444 e. The van der Waals surface area contributed by atoms with E-state index in [9.17, 15) is 13.2 Å². The quantitative estimate of drug-likeness (QED) is 0.413. The average molecular weight is 508 g/mol. The number of hydrogen-bond acceptors (Lipinski definition) is 6. The Labute approximate surface area is 205 Å². The van der Waals surface area contributed by atoms with Gasteiger partial charge in [0.1, 0.15) is 5.60 Å². The SMILES string of the molecule is CC(C)(C)OC(=O)N[C@@H](CO[Si](c1ccccc1)(c1ccccc1)C(C)(C)C)COS(C)(=O)=O. The van der Waals surface area contributed by atoms with Crippen LogP contribution < -0.4 is 15.7 Å². The second-order valence-corrected chi connectivity index (χ2v) is 16.3. The first-order valence-electron chi connectivity index (χ1n) is 11.2. The third kappa shape index (κ3) is 7.94. The number of hydrogen-bond donors (Lipinski definition) is 1. The van der Waals surface area contributed by atoms with Crippen molar-refractivity contribution in [3.63, 3.8) is 0 Å². The molecule has 0 unspecified atom stereocenters. The summed E-state index contributed by atoms with van der Waals surface area (Å²) in [7, 11) is -6.59. The van der Waals surface area contributed by atoms with Crippen molar-refractivity contribution < 1.29 is 26.6 Å². The molecule has 0 aliphatic heterocycles. The van der Waals surface area contributed by atoms with Crippen molar-refractivity contribution in [1.82, 2.24) is 5.32 Å². The van der Waals surface area contributed by atoms with Crippen molar-refractivity contribution in [2.75, 3.05) is 19.5 Å². The Kier molecular flexibility index (Phi) is 9.09. The van der Waals surface area contributed by atoms with Gasteiger partial charge in [0.2, 0.25) is 0 Å². The van der Waals surface area contributed by atoms with E-state index >= 15 is 0 Å². The second-order valence-electron chi connectivity index (χ2n) is 10.3. The molecule has 0 radical (unpaired) electrons. The highest BCUT2D eigenvalue weighted by molar-refractivity contribution is 7.85. The predicted octanol–water partition coefficient (Wildman–Crippen LogP) is 3.43. The van der Waals surface area contributed by atoms with Gasteiger partial charge >= 0.3 is 6.09 Å². The summed E-state index contributed by atoms with van der Waals surface area (Å²) in [6, 6.07) is 19.4. The van der Waals surface area contributed by atoms with Crippen LogP contribution in [-0.2, 0) is 23.5 Å². The third-order valence-corrected chi connectivity index (χ3v) is 10.7. The Balaban J connectivity index is 2.45. The molecule has 1 N–H and O–H groups in total. The van der Waals surface area contributed by atoms with Gasteiger partial charge in [0.15, 0.2) is 0 Å². The second kappa shape index (κ2) is 11.0. The van der Waals surface area contributed by atoms with E-state index in [1.807, 2.05) is 36.4 Å². The van der Waals surface area contributed by atoms with Crippen LogP contribution in [-0.4, -0.2) is 53.9 Å². The smallest absolute Gasteiger partial charge is 0.408 e. The number of carbonyl (C=O) groups excluding carboxylic acids is 1. The molecule has 1 amide bonds. The molecule has 2 aromatic rings. The molecule has 0 bridgehead atoms. The lowest BCUT2D eigenvalue weighted by molar-refractivity contribution is 0.0464. The topological polar surface area (TPSA) is 90.9 Å². The van der Waals surface area contributed by atoms with Gasteiger partial charge in [-0.3, -0.25) is 4.18 Å². The molecule has 0 saturated carbocycles. The predicted molar refractivity (Wildman–Crippen MR) is 138 cm³/mol. The maximum atomic E-state index is 12.5. The number of rotatable bonds is 9. The summed E-state index contributed by atoms with van der Waals surface area (Å²) in [5, 5.41) is 4.60. The molecular weight excluding hydrogens is 470 g/mol. The normalized spacial score (nSPS) is 13.9. The molecule has 0 heterocycles. The van der Waals surface area contributed by atoms with Crippen LogP contribution in [0.25, 0.3) is 0 Å². The van der Waals surface area contributed by atoms with E-state index < -0.39 is 36.2 Å². The fourth-order valence-corrected chi connectivity index (χ4v) is 8.82. The molecular formula is C25H37NO6SSi. The van der Waals surface area contributed by atoms with Crippen LogP contribution in [0.15, 0.2) is 60.7 Å². The van der Waals surface area contributed by atoms with E-state index in [4.69, 9.17) is 13.3 Å². The van der Waals surface area contributed by atoms with Crippen molar-refractivity contribution in [2.24, 2.45) is 0 Å². The molecule has 188 valence electrons. The molecule has 1 atom stereocenters. The lowest BCUT2D eigenvalue weighted by atomic mass is 10.2. The van der Waals surface area contributed by atoms with Gasteiger partial charge in [0, 0.05) is 0 Å². The summed E-state index contributed by atoms with van der Waals surface area (Å²) in [6.07, 6.45) is 0.307. The first kappa shape index (κ1) is 28.0. The van der Waals surface area contributed by atoms with Crippen molar-refractivity contribution in [3.05, 3.63) is 60.7 Å². The van der Waals surface area contributed by atoms with Gasteiger partial charge in [-0.15, -0.1) is 0 Å². The minimum absolute atomic E-state index is 0.0437. The number of benzene rings is 2. The number of ether oxygens (including phenoxy) is 1. The van der Waals surface area contributed by atoms with Crippen LogP contribution in [0.4, 0.5) is 4.79 Å². The van der Waals surface area contributed by atoms with E-state index in [-0.39, 0.29) is 18.3 Å². The van der Waals surface area contributed by atoms with Crippen molar-refractivity contribution in [3.8, 4) is 0 Å². The monoisotopic (exact) mass is 507 g/mol. The fraction of sp³-hybridized carbons (Fsp3) is 0.480. The fourth-order valence-electron chi connectivity index (χ4n) is 3.80. The zero-order valence-corrected chi connectivity index (χ0v) is 22.9. The summed E-state index contributed by atoms with van der Waals surface area (Å²) in [6.45, 7) is 11.5. The summed E-state index contributed by atoms with van der Waals surface area (Å²) >= 11 is 0. The van der Waals surface area contributed by atoms with E-state index in [1.54, 1.807) is 20.8 Å². The standard InChI is InChI=1S/C25H37NO6SSi/c1-24(2,3)32-23(27)26-20(18-30-33(7,28)29)19-31-34(25(4,5)6,21-14-10-8-11-15-21)22-16-12-9-13-17-22/h8-17,20H,18-19H2,1-7H3,(H,26,27)/t20-/m1/s1. The zero-order valence-electron chi connectivity index (χ0n) is 21.1. The maximum absolute atomic E-state index is 12.5. The zero-order chi connectivity index (χ0) is 25.6. The van der Waals surface area contributed by atoms with E-state index in [1.165, 1.54) is 0 Å². The molecule has 0 aliphatic carbocycles. The molecule has 0 spiro atoms. The Morgan fingerprint density at radius 3 is 1.74 bits per heavy atom. The molecule has 2 aromatic carbocycles. The van der Waals surface area contributed by atoms with Gasteiger partial charge in [-0.25, -0.2) is 4.79 Å². The van der Waals surface area contributed by atoms with Gasteiger partial charge in [-0.05, 0) is 36.2 Å². The van der Waals surface area contributed by atoms with E-state index in [0.717, 1.165) is 16.6 Å². The average Bonchev–Trinajstić information content (AvgIpc) is 2.71. The van der Waals surface area contributed by atoms with Crippen molar-refractivity contribution >= 4 is 34.9 Å². The van der Waals surface area contributed by atoms with E-state index in [0.29, 0.717) is 0 Å². The number of alkyl carbamates (subject to hydrolysis) is 1. The summed E-state index contributed by atoms with van der Waals surface area (Å²) < 4.78 is 40.5. The third-order valence-electron chi connectivity index (χ3n) is 5.12. The molecule has 2 rings (SSSR count). The van der Waals surface area contributed by atoms with Gasteiger partial charge in [0.25, 0.3) is 18.4 Å². The summed E-state index contributed by atoms with van der Waals surface area (Å²) in [4.78, 5) is 12.5. The summed E-state index contributed by atoms with van der Waals surface area (Å²) in [5.41, 5.74) is -0.703. The highest BCUT2D eigenvalue weighted by Gasteiger charge is 2.50. The molecule has 0 fully saturated rings. The Hall–Kier alpha value is -2.20. The number of carbonyl (C=O) groups is 1. The number of nitrogens with one attached hydrogen (secondary N) is 1.